The molecule has 2 amide bonds. The highest BCUT2D eigenvalue weighted by molar-refractivity contribution is 6.09. The Morgan fingerprint density at radius 2 is 1.36 bits per heavy atom. The standard InChI is InChI=1S/C21H25NO6/c1-20(2,3)27-18(24)22(19(25)28-21(4,5)6)15-9-7-14(8-10-15)17-12-11-16(13-23)26-17/h7-13H,1-6H3. The summed E-state index contributed by atoms with van der Waals surface area (Å²) in [4.78, 5) is 36.9. The summed E-state index contributed by atoms with van der Waals surface area (Å²) in [6.07, 6.45) is -1.06. The summed E-state index contributed by atoms with van der Waals surface area (Å²) in [5.41, 5.74) is -0.590. The second-order valence-corrected chi connectivity index (χ2v) is 8.16. The van der Waals surface area contributed by atoms with Gasteiger partial charge in [-0.1, -0.05) is 0 Å². The van der Waals surface area contributed by atoms with E-state index in [4.69, 9.17) is 13.9 Å². The molecule has 0 aliphatic rings. The molecule has 1 aromatic carbocycles. The summed E-state index contributed by atoms with van der Waals surface area (Å²) in [5.74, 6) is 0.706. The first-order chi connectivity index (χ1) is 12.9. The molecular formula is C21H25NO6. The Balaban J connectivity index is 2.35. The number of benzene rings is 1. The highest BCUT2D eigenvalue weighted by atomic mass is 16.6. The Kier molecular flexibility index (Phi) is 5.97. The van der Waals surface area contributed by atoms with E-state index in [0.717, 1.165) is 4.90 Å². The highest BCUT2D eigenvalue weighted by Crippen LogP contribution is 2.27. The van der Waals surface area contributed by atoms with E-state index in [0.29, 0.717) is 17.6 Å². The highest BCUT2D eigenvalue weighted by Gasteiger charge is 2.32. The molecule has 150 valence electrons. The molecule has 0 fully saturated rings. The van der Waals surface area contributed by atoms with Gasteiger partial charge in [0.25, 0.3) is 0 Å². The van der Waals surface area contributed by atoms with E-state index in [1.165, 1.54) is 0 Å². The number of nitrogens with zero attached hydrogens (tertiary/aromatic N) is 1. The van der Waals surface area contributed by atoms with Crippen LogP contribution in [-0.4, -0.2) is 29.7 Å². The minimum Gasteiger partial charge on any atom is -0.453 e. The number of ether oxygens (including phenoxy) is 2. The zero-order valence-electron chi connectivity index (χ0n) is 16.9. The SMILES string of the molecule is CC(C)(C)OC(=O)N(C(=O)OC(C)(C)C)c1ccc(-c2ccc(C=O)o2)cc1. The number of anilines is 1. The van der Waals surface area contributed by atoms with E-state index >= 15 is 0 Å². The van der Waals surface area contributed by atoms with Crippen LogP contribution in [0.15, 0.2) is 40.8 Å². The lowest BCUT2D eigenvalue weighted by atomic mass is 10.1. The van der Waals surface area contributed by atoms with E-state index in [1.807, 2.05) is 0 Å². The Morgan fingerprint density at radius 3 is 1.75 bits per heavy atom. The molecule has 0 spiro atoms. The molecule has 0 unspecified atom stereocenters. The molecule has 2 rings (SSSR count). The first-order valence-corrected chi connectivity index (χ1v) is 8.81. The number of imide groups is 1. The Bertz CT molecular complexity index is 824. The average Bonchev–Trinajstić information content (AvgIpc) is 3.01. The molecule has 0 aliphatic heterocycles. The predicted molar refractivity (Wildman–Crippen MR) is 104 cm³/mol. The first-order valence-electron chi connectivity index (χ1n) is 8.81. The number of carbonyl (C=O) groups excluding carboxylic acids is 3. The van der Waals surface area contributed by atoms with Crippen LogP contribution in [-0.2, 0) is 9.47 Å². The van der Waals surface area contributed by atoms with Crippen LogP contribution >= 0.6 is 0 Å². The monoisotopic (exact) mass is 387 g/mol. The third-order valence-electron chi connectivity index (χ3n) is 3.31. The van der Waals surface area contributed by atoms with Crippen LogP contribution in [0.2, 0.25) is 0 Å². The maximum atomic E-state index is 12.6. The fourth-order valence-corrected chi connectivity index (χ4v) is 2.25. The molecule has 2 aromatic rings. The zero-order chi connectivity index (χ0) is 21.1. The average molecular weight is 387 g/mol. The van der Waals surface area contributed by atoms with Crippen LogP contribution in [0.4, 0.5) is 15.3 Å². The summed E-state index contributed by atoms with van der Waals surface area (Å²) in [7, 11) is 0. The zero-order valence-corrected chi connectivity index (χ0v) is 16.9. The molecule has 0 saturated carbocycles. The van der Waals surface area contributed by atoms with Crippen molar-refractivity contribution in [1.82, 2.24) is 0 Å². The van der Waals surface area contributed by atoms with Crippen LogP contribution in [0.5, 0.6) is 0 Å². The lowest BCUT2D eigenvalue weighted by Crippen LogP contribution is -2.43. The number of rotatable bonds is 3. The van der Waals surface area contributed by atoms with Crippen LogP contribution in [0.25, 0.3) is 11.3 Å². The molecule has 0 saturated heterocycles. The summed E-state index contributed by atoms with van der Waals surface area (Å²) in [5, 5.41) is 0. The summed E-state index contributed by atoms with van der Waals surface area (Å²) in [6, 6.07) is 9.72. The molecule has 28 heavy (non-hydrogen) atoms. The fourth-order valence-electron chi connectivity index (χ4n) is 2.25. The van der Waals surface area contributed by atoms with Gasteiger partial charge >= 0.3 is 12.2 Å². The molecule has 1 heterocycles. The smallest absolute Gasteiger partial charge is 0.424 e. The van der Waals surface area contributed by atoms with Gasteiger partial charge in [0.2, 0.25) is 0 Å². The maximum absolute atomic E-state index is 12.6. The Hall–Kier alpha value is -3.09. The van der Waals surface area contributed by atoms with Gasteiger partial charge in [-0.3, -0.25) is 4.79 Å². The van der Waals surface area contributed by atoms with Gasteiger partial charge < -0.3 is 13.9 Å². The quantitative estimate of drug-likeness (QED) is 0.652. The Morgan fingerprint density at radius 1 is 0.857 bits per heavy atom. The van der Waals surface area contributed by atoms with Gasteiger partial charge in [0.1, 0.15) is 17.0 Å². The molecule has 0 aliphatic carbocycles. The molecule has 7 heteroatoms. The van der Waals surface area contributed by atoms with Gasteiger partial charge in [0, 0.05) is 5.56 Å². The largest absolute Gasteiger partial charge is 0.453 e. The van der Waals surface area contributed by atoms with Gasteiger partial charge in [-0.15, -0.1) is 0 Å². The number of carbonyl (C=O) groups is 3. The normalized spacial score (nSPS) is 11.6. The van der Waals surface area contributed by atoms with E-state index in [2.05, 4.69) is 0 Å². The minimum absolute atomic E-state index is 0.211. The van der Waals surface area contributed by atoms with Crippen molar-refractivity contribution in [3.05, 3.63) is 42.2 Å². The van der Waals surface area contributed by atoms with Crippen molar-refractivity contribution in [1.29, 1.82) is 0 Å². The van der Waals surface area contributed by atoms with E-state index in [-0.39, 0.29) is 11.4 Å². The van der Waals surface area contributed by atoms with Gasteiger partial charge in [0.05, 0.1) is 5.69 Å². The Labute approximate surface area is 164 Å². The summed E-state index contributed by atoms with van der Waals surface area (Å²) >= 11 is 0. The number of furan rings is 1. The van der Waals surface area contributed by atoms with Gasteiger partial charge in [-0.25, -0.2) is 9.59 Å². The van der Waals surface area contributed by atoms with Crippen molar-refractivity contribution in [3.8, 4) is 11.3 Å². The van der Waals surface area contributed by atoms with Crippen LogP contribution in [0.3, 0.4) is 0 Å². The van der Waals surface area contributed by atoms with Crippen molar-refractivity contribution in [2.45, 2.75) is 52.7 Å². The fraction of sp³-hybridized carbons (Fsp3) is 0.381. The number of hydrogen-bond donors (Lipinski definition) is 0. The summed E-state index contributed by atoms with van der Waals surface area (Å²) in [6.45, 7) is 10.3. The van der Waals surface area contributed by atoms with Crippen molar-refractivity contribution >= 4 is 24.2 Å². The molecule has 7 nitrogen and oxygen atoms in total. The topological polar surface area (TPSA) is 86.0 Å². The van der Waals surface area contributed by atoms with E-state index in [1.54, 1.807) is 77.9 Å². The summed E-state index contributed by atoms with van der Waals surface area (Å²) < 4.78 is 16.1. The number of amides is 2. The molecule has 0 radical (unpaired) electrons. The first kappa shape index (κ1) is 21.2. The van der Waals surface area contributed by atoms with Crippen LogP contribution in [0.1, 0.15) is 52.1 Å². The third-order valence-corrected chi connectivity index (χ3v) is 3.31. The van der Waals surface area contributed by atoms with E-state index in [9.17, 15) is 14.4 Å². The second kappa shape index (κ2) is 7.88. The van der Waals surface area contributed by atoms with Crippen LogP contribution in [0, 0.1) is 0 Å². The molecule has 0 bridgehead atoms. The molecule has 1 aromatic heterocycles. The number of hydrogen-bond acceptors (Lipinski definition) is 6. The third kappa shape index (κ3) is 5.70. The van der Waals surface area contributed by atoms with Crippen molar-refractivity contribution in [2.75, 3.05) is 4.90 Å². The van der Waals surface area contributed by atoms with Gasteiger partial charge in [-0.05, 0) is 77.9 Å². The van der Waals surface area contributed by atoms with Crippen LogP contribution < -0.4 is 4.90 Å². The molecule has 0 atom stereocenters. The second-order valence-electron chi connectivity index (χ2n) is 8.16. The van der Waals surface area contributed by atoms with Crippen molar-refractivity contribution < 1.29 is 28.3 Å². The number of aldehydes is 1. The van der Waals surface area contributed by atoms with Crippen molar-refractivity contribution in [2.24, 2.45) is 0 Å². The van der Waals surface area contributed by atoms with Gasteiger partial charge in [-0.2, -0.15) is 4.90 Å². The lowest BCUT2D eigenvalue weighted by molar-refractivity contribution is 0.0430. The predicted octanol–water partition coefficient (Wildman–Crippen LogP) is 5.44. The lowest BCUT2D eigenvalue weighted by Gasteiger charge is -2.28. The van der Waals surface area contributed by atoms with Gasteiger partial charge in [0.15, 0.2) is 12.0 Å². The molecular weight excluding hydrogens is 362 g/mol. The maximum Gasteiger partial charge on any atom is 0.424 e. The van der Waals surface area contributed by atoms with E-state index < -0.39 is 23.4 Å². The van der Waals surface area contributed by atoms with Crippen molar-refractivity contribution in [3.63, 3.8) is 0 Å². The molecule has 0 N–H and O–H groups in total. The minimum atomic E-state index is -0.837.